The third-order valence-corrected chi connectivity index (χ3v) is 4.38. The van der Waals surface area contributed by atoms with Gasteiger partial charge in [-0.3, -0.25) is 4.79 Å². The number of halogens is 2. The molecule has 0 fully saturated rings. The van der Waals surface area contributed by atoms with Gasteiger partial charge in [0, 0.05) is 22.0 Å². The fourth-order valence-corrected chi connectivity index (χ4v) is 2.78. The monoisotopic (exact) mass is 317 g/mol. The predicted octanol–water partition coefficient (Wildman–Crippen LogP) is 5.52. The molecule has 0 aliphatic rings. The Labute approximate surface area is 132 Å². The van der Waals surface area contributed by atoms with E-state index in [9.17, 15) is 4.79 Å². The van der Waals surface area contributed by atoms with Crippen LogP contribution in [0.3, 0.4) is 0 Å². The molecular formula is C17H13Cl2NO. The Kier molecular flexibility index (Phi) is 3.75. The van der Waals surface area contributed by atoms with Crippen LogP contribution in [0.25, 0.3) is 22.2 Å². The van der Waals surface area contributed by atoms with E-state index in [1.165, 1.54) is 5.56 Å². The van der Waals surface area contributed by atoms with Gasteiger partial charge < -0.3 is 4.98 Å². The summed E-state index contributed by atoms with van der Waals surface area (Å²) in [6.07, 6.45) is 1.82. The molecule has 106 valence electrons. The van der Waals surface area contributed by atoms with Crippen molar-refractivity contribution in [2.45, 2.75) is 13.3 Å². The first-order valence-electron chi connectivity index (χ1n) is 6.69. The molecule has 0 atom stereocenters. The van der Waals surface area contributed by atoms with Crippen LogP contribution in [0.5, 0.6) is 0 Å². The van der Waals surface area contributed by atoms with Crippen molar-refractivity contribution in [2.24, 2.45) is 0 Å². The Morgan fingerprint density at radius 1 is 1.10 bits per heavy atom. The minimum Gasteiger partial charge on any atom is -0.354 e. The number of hydrogen-bond donors (Lipinski definition) is 1. The Balaban J connectivity index is 2.26. The van der Waals surface area contributed by atoms with Gasteiger partial charge in [0.2, 0.25) is 0 Å². The molecule has 0 aliphatic carbocycles. The summed E-state index contributed by atoms with van der Waals surface area (Å²) < 4.78 is 0. The molecule has 3 aromatic rings. The van der Waals surface area contributed by atoms with E-state index in [-0.39, 0.29) is 0 Å². The van der Waals surface area contributed by atoms with Crippen LogP contribution >= 0.6 is 23.2 Å². The van der Waals surface area contributed by atoms with E-state index in [2.05, 4.69) is 24.0 Å². The van der Waals surface area contributed by atoms with Crippen molar-refractivity contribution >= 4 is 40.4 Å². The number of rotatable bonds is 3. The molecule has 0 unspecified atom stereocenters. The summed E-state index contributed by atoms with van der Waals surface area (Å²) in [6, 6.07) is 11.5. The Hall–Kier alpha value is -1.77. The molecule has 3 rings (SSSR count). The Morgan fingerprint density at radius 3 is 2.57 bits per heavy atom. The molecule has 1 heterocycles. The van der Waals surface area contributed by atoms with Gasteiger partial charge in [0.1, 0.15) is 0 Å². The van der Waals surface area contributed by atoms with Gasteiger partial charge in [0.15, 0.2) is 6.29 Å². The molecule has 21 heavy (non-hydrogen) atoms. The number of carbonyl (C=O) groups is 1. The van der Waals surface area contributed by atoms with Gasteiger partial charge in [-0.2, -0.15) is 0 Å². The number of carbonyl (C=O) groups excluding carboxylic acids is 1. The standard InChI is InChI=1S/C17H13Cl2NO/c1-2-10-3-6-16-12(7-10)13(9-21)17(20-16)11-4-5-14(18)15(19)8-11/h3-9,20H,2H2,1H3. The first-order valence-corrected chi connectivity index (χ1v) is 7.44. The van der Waals surface area contributed by atoms with Crippen LogP contribution in [-0.2, 0) is 6.42 Å². The van der Waals surface area contributed by atoms with Crippen molar-refractivity contribution in [1.82, 2.24) is 4.98 Å². The maximum atomic E-state index is 11.5. The molecule has 4 heteroatoms. The van der Waals surface area contributed by atoms with Gasteiger partial charge in [-0.05, 0) is 36.2 Å². The summed E-state index contributed by atoms with van der Waals surface area (Å²) in [5.74, 6) is 0. The van der Waals surface area contributed by atoms with Crippen LogP contribution in [0, 0.1) is 0 Å². The zero-order valence-corrected chi connectivity index (χ0v) is 12.9. The fourth-order valence-electron chi connectivity index (χ4n) is 2.48. The zero-order valence-electron chi connectivity index (χ0n) is 11.4. The third-order valence-electron chi connectivity index (χ3n) is 3.64. The number of aryl methyl sites for hydroxylation is 1. The number of aromatic amines is 1. The number of aldehydes is 1. The topological polar surface area (TPSA) is 32.9 Å². The van der Waals surface area contributed by atoms with Gasteiger partial charge in [0.25, 0.3) is 0 Å². The molecule has 0 spiro atoms. The quantitative estimate of drug-likeness (QED) is 0.634. The summed E-state index contributed by atoms with van der Waals surface area (Å²) in [7, 11) is 0. The van der Waals surface area contributed by atoms with Crippen molar-refractivity contribution in [3.05, 3.63) is 57.6 Å². The maximum Gasteiger partial charge on any atom is 0.152 e. The summed E-state index contributed by atoms with van der Waals surface area (Å²) in [5.41, 5.74) is 4.41. The van der Waals surface area contributed by atoms with E-state index in [0.717, 1.165) is 34.9 Å². The number of hydrogen-bond acceptors (Lipinski definition) is 1. The highest BCUT2D eigenvalue weighted by Crippen LogP contribution is 2.33. The van der Waals surface area contributed by atoms with Crippen LogP contribution in [0.4, 0.5) is 0 Å². The van der Waals surface area contributed by atoms with Gasteiger partial charge in [-0.15, -0.1) is 0 Å². The number of fused-ring (bicyclic) bond motifs is 1. The second-order valence-electron chi connectivity index (χ2n) is 4.89. The van der Waals surface area contributed by atoms with Crippen molar-refractivity contribution < 1.29 is 4.79 Å². The minimum absolute atomic E-state index is 0.471. The second kappa shape index (κ2) is 5.55. The maximum absolute atomic E-state index is 11.5. The first-order chi connectivity index (χ1) is 10.1. The summed E-state index contributed by atoms with van der Waals surface area (Å²) in [6.45, 7) is 2.09. The summed E-state index contributed by atoms with van der Waals surface area (Å²) in [5, 5.41) is 1.90. The highest BCUT2D eigenvalue weighted by molar-refractivity contribution is 6.42. The SMILES string of the molecule is CCc1ccc2[nH]c(-c3ccc(Cl)c(Cl)c3)c(C=O)c2c1. The molecular weight excluding hydrogens is 305 g/mol. The van der Waals surface area contributed by atoms with Crippen molar-refractivity contribution in [3.63, 3.8) is 0 Å². The minimum atomic E-state index is 0.471. The van der Waals surface area contributed by atoms with E-state index in [1.54, 1.807) is 12.1 Å². The predicted molar refractivity (Wildman–Crippen MR) is 88.5 cm³/mol. The van der Waals surface area contributed by atoms with Crippen molar-refractivity contribution in [1.29, 1.82) is 0 Å². The fraction of sp³-hybridized carbons (Fsp3) is 0.118. The van der Waals surface area contributed by atoms with Crippen LogP contribution in [0.1, 0.15) is 22.8 Å². The van der Waals surface area contributed by atoms with Crippen molar-refractivity contribution in [3.8, 4) is 11.3 Å². The molecule has 0 saturated carbocycles. The lowest BCUT2D eigenvalue weighted by atomic mass is 10.0. The molecule has 0 amide bonds. The average molecular weight is 318 g/mol. The molecule has 1 N–H and O–H groups in total. The summed E-state index contributed by atoms with van der Waals surface area (Å²) in [4.78, 5) is 14.8. The van der Waals surface area contributed by atoms with Gasteiger partial charge >= 0.3 is 0 Å². The largest absolute Gasteiger partial charge is 0.354 e. The number of aromatic nitrogens is 1. The van der Waals surface area contributed by atoms with E-state index >= 15 is 0 Å². The molecule has 2 aromatic carbocycles. The van der Waals surface area contributed by atoms with Gasteiger partial charge in [0.05, 0.1) is 15.7 Å². The molecule has 0 bridgehead atoms. The van der Waals surface area contributed by atoms with Gasteiger partial charge in [-0.1, -0.05) is 42.3 Å². The normalized spacial score (nSPS) is 11.0. The smallest absolute Gasteiger partial charge is 0.152 e. The van der Waals surface area contributed by atoms with E-state index in [0.29, 0.717) is 15.6 Å². The average Bonchev–Trinajstić information content (AvgIpc) is 2.87. The van der Waals surface area contributed by atoms with Crippen LogP contribution in [-0.4, -0.2) is 11.3 Å². The van der Waals surface area contributed by atoms with E-state index in [1.807, 2.05) is 12.1 Å². The van der Waals surface area contributed by atoms with Gasteiger partial charge in [-0.25, -0.2) is 0 Å². The van der Waals surface area contributed by atoms with Crippen LogP contribution in [0.15, 0.2) is 36.4 Å². The molecule has 0 radical (unpaired) electrons. The Bertz CT molecular complexity index is 836. The second-order valence-corrected chi connectivity index (χ2v) is 5.71. The van der Waals surface area contributed by atoms with Crippen LogP contribution < -0.4 is 0 Å². The Morgan fingerprint density at radius 2 is 1.90 bits per heavy atom. The molecule has 1 aromatic heterocycles. The van der Waals surface area contributed by atoms with E-state index in [4.69, 9.17) is 23.2 Å². The molecule has 0 aliphatic heterocycles. The van der Waals surface area contributed by atoms with E-state index < -0.39 is 0 Å². The highest BCUT2D eigenvalue weighted by Gasteiger charge is 2.14. The highest BCUT2D eigenvalue weighted by atomic mass is 35.5. The zero-order chi connectivity index (χ0) is 15.0. The molecule has 0 saturated heterocycles. The molecule has 2 nitrogen and oxygen atoms in total. The number of H-pyrrole nitrogens is 1. The summed E-state index contributed by atoms with van der Waals surface area (Å²) >= 11 is 12.0. The third kappa shape index (κ3) is 2.45. The number of benzene rings is 2. The van der Waals surface area contributed by atoms with Crippen molar-refractivity contribution in [2.75, 3.05) is 0 Å². The van der Waals surface area contributed by atoms with Crippen LogP contribution in [0.2, 0.25) is 10.0 Å². The lowest BCUT2D eigenvalue weighted by Crippen LogP contribution is -1.85. The lowest BCUT2D eigenvalue weighted by molar-refractivity contribution is 0.112. The number of nitrogens with one attached hydrogen (secondary N) is 1. The lowest BCUT2D eigenvalue weighted by Gasteiger charge is -2.02. The first kappa shape index (κ1) is 14.2.